The Morgan fingerprint density at radius 1 is 1.44 bits per heavy atom. The summed E-state index contributed by atoms with van der Waals surface area (Å²) in [6.07, 6.45) is -1.22. The lowest BCUT2D eigenvalue weighted by Crippen LogP contribution is -2.16. The number of carbonyl (C=O) groups is 1. The highest BCUT2D eigenvalue weighted by atomic mass is 19.2. The first kappa shape index (κ1) is 13.7. The van der Waals surface area contributed by atoms with E-state index in [-0.39, 0.29) is 12.7 Å². The van der Waals surface area contributed by atoms with Crippen molar-refractivity contribution < 1.29 is 27.6 Å². The predicted octanol–water partition coefficient (Wildman–Crippen LogP) is 2.58. The lowest BCUT2D eigenvalue weighted by molar-refractivity contribution is -0.387. The van der Waals surface area contributed by atoms with Crippen LogP contribution < -0.4 is 5.32 Å². The minimum atomic E-state index is -1.87. The maximum atomic E-state index is 13.3. The molecule has 0 saturated carbocycles. The number of nitrogens with one attached hydrogen (secondary N) is 1. The van der Waals surface area contributed by atoms with E-state index in [1.54, 1.807) is 5.32 Å². The van der Waals surface area contributed by atoms with Gasteiger partial charge in [0.05, 0.1) is 11.5 Å². The average molecular weight is 264 g/mol. The maximum absolute atomic E-state index is 13.3. The minimum absolute atomic E-state index is 0.0784. The number of ether oxygens (including phenoxy) is 1. The summed E-state index contributed by atoms with van der Waals surface area (Å²) in [4.78, 5) is 20.2. The number of nitrogens with zero attached hydrogens (tertiary/aromatic N) is 1. The number of anilines is 1. The summed E-state index contributed by atoms with van der Waals surface area (Å²) in [5, 5.41) is 12.2. The van der Waals surface area contributed by atoms with Gasteiger partial charge in [0.25, 0.3) is 0 Å². The first-order chi connectivity index (χ1) is 8.38. The second kappa shape index (κ2) is 5.34. The number of nitro groups is 1. The van der Waals surface area contributed by atoms with E-state index in [1.807, 2.05) is 0 Å². The fourth-order valence-corrected chi connectivity index (χ4v) is 1.14. The Kier molecular flexibility index (Phi) is 4.08. The summed E-state index contributed by atoms with van der Waals surface area (Å²) in [7, 11) is 0. The Bertz CT molecular complexity index is 507. The third-order valence-corrected chi connectivity index (χ3v) is 1.83. The molecule has 18 heavy (non-hydrogen) atoms. The van der Waals surface area contributed by atoms with Gasteiger partial charge in [-0.1, -0.05) is 0 Å². The van der Waals surface area contributed by atoms with E-state index in [0.717, 1.165) is 0 Å². The van der Waals surface area contributed by atoms with Crippen LogP contribution in [0.3, 0.4) is 0 Å². The Morgan fingerprint density at radius 2 is 2.06 bits per heavy atom. The van der Waals surface area contributed by atoms with Gasteiger partial charge in [0, 0.05) is 6.07 Å². The zero-order valence-corrected chi connectivity index (χ0v) is 9.00. The summed E-state index contributed by atoms with van der Waals surface area (Å²) in [6.45, 7) is 1.36. The van der Waals surface area contributed by atoms with E-state index >= 15 is 0 Å². The van der Waals surface area contributed by atoms with E-state index in [4.69, 9.17) is 0 Å². The lowest BCUT2D eigenvalue weighted by Gasteiger charge is -2.07. The number of amides is 1. The molecule has 0 radical (unpaired) electrons. The molecule has 0 aliphatic rings. The highest BCUT2D eigenvalue weighted by molar-refractivity contribution is 5.88. The summed E-state index contributed by atoms with van der Waals surface area (Å²) in [6, 6.07) is 0.0872. The van der Waals surface area contributed by atoms with Crippen molar-refractivity contribution in [3.63, 3.8) is 0 Å². The Balaban J connectivity index is 3.29. The van der Waals surface area contributed by atoms with Crippen molar-refractivity contribution in [1.29, 1.82) is 0 Å². The van der Waals surface area contributed by atoms with Gasteiger partial charge in [0.2, 0.25) is 5.82 Å². The number of rotatable bonds is 3. The molecule has 0 aliphatic carbocycles. The van der Waals surface area contributed by atoms with Gasteiger partial charge in [-0.2, -0.15) is 4.39 Å². The molecule has 0 unspecified atom stereocenters. The normalized spacial score (nSPS) is 10.0. The van der Waals surface area contributed by atoms with Gasteiger partial charge in [-0.05, 0) is 6.92 Å². The standard InChI is InChI=1S/C9H7F3N2O4/c1-2-18-9(15)13-7-5(11)3-4(10)6(12)8(7)14(16)17/h3H,2H2,1H3,(H,13,15). The smallest absolute Gasteiger partial charge is 0.411 e. The van der Waals surface area contributed by atoms with E-state index < -0.39 is 39.8 Å². The predicted molar refractivity (Wildman–Crippen MR) is 53.6 cm³/mol. The van der Waals surface area contributed by atoms with Crippen molar-refractivity contribution in [3.8, 4) is 0 Å². The molecule has 1 amide bonds. The first-order valence-corrected chi connectivity index (χ1v) is 4.64. The Hall–Kier alpha value is -2.32. The van der Waals surface area contributed by atoms with E-state index in [1.165, 1.54) is 6.92 Å². The number of halogens is 3. The van der Waals surface area contributed by atoms with Gasteiger partial charge in [-0.15, -0.1) is 0 Å². The van der Waals surface area contributed by atoms with Gasteiger partial charge in [0.1, 0.15) is 0 Å². The second-order valence-electron chi connectivity index (χ2n) is 2.98. The fraction of sp³-hybridized carbons (Fsp3) is 0.222. The van der Waals surface area contributed by atoms with Gasteiger partial charge in [-0.25, -0.2) is 13.6 Å². The van der Waals surface area contributed by atoms with Crippen molar-refractivity contribution in [3.05, 3.63) is 33.6 Å². The second-order valence-corrected chi connectivity index (χ2v) is 2.98. The molecular weight excluding hydrogens is 257 g/mol. The number of hydrogen-bond acceptors (Lipinski definition) is 4. The average Bonchev–Trinajstić information content (AvgIpc) is 2.25. The molecule has 1 N–H and O–H groups in total. The van der Waals surface area contributed by atoms with E-state index in [9.17, 15) is 28.1 Å². The number of benzene rings is 1. The van der Waals surface area contributed by atoms with Crippen LogP contribution >= 0.6 is 0 Å². The van der Waals surface area contributed by atoms with Crippen molar-refractivity contribution in [2.24, 2.45) is 0 Å². The van der Waals surface area contributed by atoms with Crippen molar-refractivity contribution in [1.82, 2.24) is 0 Å². The van der Waals surface area contributed by atoms with Gasteiger partial charge in [-0.3, -0.25) is 15.4 Å². The molecule has 1 aromatic carbocycles. The summed E-state index contributed by atoms with van der Waals surface area (Å²) >= 11 is 0. The van der Waals surface area contributed by atoms with E-state index in [2.05, 4.69) is 4.74 Å². The van der Waals surface area contributed by atoms with Crippen LogP contribution in [0.1, 0.15) is 6.92 Å². The topological polar surface area (TPSA) is 81.5 Å². The van der Waals surface area contributed by atoms with Crippen molar-refractivity contribution in [2.45, 2.75) is 6.92 Å². The molecule has 0 aromatic heterocycles. The van der Waals surface area contributed by atoms with Crippen LogP contribution in [0, 0.1) is 27.6 Å². The minimum Gasteiger partial charge on any atom is -0.450 e. The molecule has 1 rings (SSSR count). The van der Waals surface area contributed by atoms with Crippen LogP contribution in [0.2, 0.25) is 0 Å². The third-order valence-electron chi connectivity index (χ3n) is 1.83. The zero-order valence-electron chi connectivity index (χ0n) is 9.00. The molecule has 6 nitrogen and oxygen atoms in total. The molecule has 0 spiro atoms. The van der Waals surface area contributed by atoms with Crippen molar-refractivity contribution in [2.75, 3.05) is 11.9 Å². The molecule has 0 saturated heterocycles. The van der Waals surface area contributed by atoms with Crippen LogP contribution in [-0.2, 0) is 4.74 Å². The Morgan fingerprint density at radius 3 is 2.56 bits per heavy atom. The molecule has 9 heteroatoms. The molecule has 0 fully saturated rings. The summed E-state index contributed by atoms with van der Waals surface area (Å²) < 4.78 is 43.6. The maximum Gasteiger partial charge on any atom is 0.411 e. The monoisotopic (exact) mass is 264 g/mol. The lowest BCUT2D eigenvalue weighted by atomic mass is 10.2. The zero-order chi connectivity index (χ0) is 13.9. The summed E-state index contributed by atoms with van der Waals surface area (Å²) in [5.74, 6) is -5.07. The number of carbonyl (C=O) groups excluding carboxylic acids is 1. The van der Waals surface area contributed by atoms with Crippen LogP contribution in [0.4, 0.5) is 29.3 Å². The van der Waals surface area contributed by atoms with Gasteiger partial charge in [0.15, 0.2) is 17.3 Å². The summed E-state index contributed by atoms with van der Waals surface area (Å²) in [5.41, 5.74) is -2.59. The van der Waals surface area contributed by atoms with Gasteiger partial charge >= 0.3 is 11.8 Å². The highest BCUT2D eigenvalue weighted by Gasteiger charge is 2.29. The van der Waals surface area contributed by atoms with Crippen LogP contribution in [0.25, 0.3) is 0 Å². The fourth-order valence-electron chi connectivity index (χ4n) is 1.14. The largest absolute Gasteiger partial charge is 0.450 e. The molecule has 98 valence electrons. The molecule has 0 heterocycles. The molecular formula is C9H7F3N2O4. The quantitative estimate of drug-likeness (QED) is 0.516. The highest BCUT2D eigenvalue weighted by Crippen LogP contribution is 2.32. The van der Waals surface area contributed by atoms with E-state index in [0.29, 0.717) is 0 Å². The molecule has 0 bridgehead atoms. The van der Waals surface area contributed by atoms with Crippen LogP contribution in [0.5, 0.6) is 0 Å². The first-order valence-electron chi connectivity index (χ1n) is 4.64. The Labute approximate surface area is 98.5 Å². The molecule has 0 atom stereocenters. The third kappa shape index (κ3) is 2.67. The SMILES string of the molecule is CCOC(=O)Nc1c(F)cc(F)c(F)c1[N+](=O)[O-]. The number of hydrogen-bond donors (Lipinski definition) is 1. The molecule has 0 aliphatic heterocycles. The van der Waals surface area contributed by atoms with Gasteiger partial charge < -0.3 is 4.74 Å². The van der Waals surface area contributed by atoms with Crippen LogP contribution in [-0.4, -0.2) is 17.6 Å². The van der Waals surface area contributed by atoms with Crippen LogP contribution in [0.15, 0.2) is 6.07 Å². The van der Waals surface area contributed by atoms with Crippen molar-refractivity contribution >= 4 is 17.5 Å². The number of nitro benzene ring substituents is 1. The molecule has 1 aromatic rings.